The highest BCUT2D eigenvalue weighted by Gasteiger charge is 2.35. The number of aromatic nitrogens is 2. The van der Waals surface area contributed by atoms with Crippen LogP contribution in [0.4, 0.5) is 18.0 Å². The van der Waals surface area contributed by atoms with Crippen molar-refractivity contribution in [1.82, 2.24) is 15.1 Å². The van der Waals surface area contributed by atoms with Crippen molar-refractivity contribution in [1.29, 1.82) is 0 Å². The van der Waals surface area contributed by atoms with Gasteiger partial charge in [-0.1, -0.05) is 42.0 Å². The number of amides is 2. The van der Waals surface area contributed by atoms with Crippen LogP contribution in [-0.2, 0) is 12.7 Å². The molecule has 1 heterocycles. The third kappa shape index (κ3) is 4.28. The zero-order chi connectivity index (χ0) is 19.6. The SMILES string of the molecule is Cc1ccc(-n2nc(C(F)(F)F)cc2-c2ccc(CNC(N)=O)cc2)cc1. The topological polar surface area (TPSA) is 72.9 Å². The molecule has 1 aromatic heterocycles. The van der Waals surface area contributed by atoms with Gasteiger partial charge in [0.1, 0.15) is 0 Å². The van der Waals surface area contributed by atoms with Crippen LogP contribution in [-0.4, -0.2) is 15.8 Å². The molecule has 0 unspecified atom stereocenters. The molecule has 0 spiro atoms. The molecule has 5 nitrogen and oxygen atoms in total. The molecule has 3 N–H and O–H groups in total. The van der Waals surface area contributed by atoms with Crippen molar-refractivity contribution in [3.63, 3.8) is 0 Å². The normalized spacial score (nSPS) is 11.4. The number of hydrogen-bond donors (Lipinski definition) is 2. The van der Waals surface area contributed by atoms with Crippen LogP contribution in [0.25, 0.3) is 16.9 Å². The fraction of sp³-hybridized carbons (Fsp3) is 0.158. The minimum absolute atomic E-state index is 0.237. The summed E-state index contributed by atoms with van der Waals surface area (Å²) in [6.45, 7) is 2.13. The van der Waals surface area contributed by atoms with E-state index in [-0.39, 0.29) is 6.54 Å². The molecule has 0 bridgehead atoms. The number of nitrogens with zero attached hydrogens (tertiary/aromatic N) is 2. The summed E-state index contributed by atoms with van der Waals surface area (Å²) < 4.78 is 40.8. The second-order valence-corrected chi connectivity index (χ2v) is 6.07. The number of urea groups is 1. The molecule has 0 atom stereocenters. The molecular formula is C19H17F3N4O. The molecule has 140 valence electrons. The van der Waals surface area contributed by atoms with Crippen molar-refractivity contribution in [2.45, 2.75) is 19.6 Å². The van der Waals surface area contributed by atoms with E-state index in [4.69, 9.17) is 5.73 Å². The van der Waals surface area contributed by atoms with Gasteiger partial charge in [-0.15, -0.1) is 0 Å². The number of nitrogens with two attached hydrogens (primary N) is 1. The lowest BCUT2D eigenvalue weighted by Crippen LogP contribution is -2.28. The summed E-state index contributed by atoms with van der Waals surface area (Å²) in [6, 6.07) is 14.2. The van der Waals surface area contributed by atoms with Crippen LogP contribution in [0.2, 0.25) is 0 Å². The fourth-order valence-corrected chi connectivity index (χ4v) is 2.59. The number of benzene rings is 2. The summed E-state index contributed by atoms with van der Waals surface area (Å²) in [5.74, 6) is 0. The van der Waals surface area contributed by atoms with Crippen molar-refractivity contribution in [3.05, 3.63) is 71.4 Å². The highest BCUT2D eigenvalue weighted by molar-refractivity contribution is 5.71. The van der Waals surface area contributed by atoms with Gasteiger partial charge in [0.15, 0.2) is 5.69 Å². The first-order valence-corrected chi connectivity index (χ1v) is 8.11. The quantitative estimate of drug-likeness (QED) is 0.724. The van der Waals surface area contributed by atoms with Gasteiger partial charge in [0, 0.05) is 12.1 Å². The van der Waals surface area contributed by atoms with E-state index in [0.717, 1.165) is 17.2 Å². The summed E-state index contributed by atoms with van der Waals surface area (Å²) >= 11 is 0. The molecule has 0 aliphatic carbocycles. The molecule has 3 rings (SSSR count). The zero-order valence-electron chi connectivity index (χ0n) is 14.4. The lowest BCUT2D eigenvalue weighted by Gasteiger charge is -2.09. The van der Waals surface area contributed by atoms with Gasteiger partial charge in [-0.2, -0.15) is 18.3 Å². The Hall–Kier alpha value is -3.29. The highest BCUT2D eigenvalue weighted by atomic mass is 19.4. The van der Waals surface area contributed by atoms with E-state index in [1.165, 1.54) is 4.68 Å². The van der Waals surface area contributed by atoms with E-state index < -0.39 is 17.9 Å². The first-order valence-electron chi connectivity index (χ1n) is 8.11. The summed E-state index contributed by atoms with van der Waals surface area (Å²) in [6.07, 6.45) is -4.55. The highest BCUT2D eigenvalue weighted by Crippen LogP contribution is 2.33. The molecular weight excluding hydrogens is 357 g/mol. The predicted molar refractivity (Wildman–Crippen MR) is 95.2 cm³/mol. The number of carbonyl (C=O) groups is 1. The van der Waals surface area contributed by atoms with Gasteiger partial charge in [0.05, 0.1) is 11.4 Å². The Kier molecular flexibility index (Phi) is 4.89. The van der Waals surface area contributed by atoms with E-state index in [9.17, 15) is 18.0 Å². The van der Waals surface area contributed by atoms with E-state index in [2.05, 4.69) is 10.4 Å². The molecule has 0 aliphatic rings. The lowest BCUT2D eigenvalue weighted by atomic mass is 10.1. The average Bonchev–Trinajstić information content (AvgIpc) is 3.07. The van der Waals surface area contributed by atoms with Gasteiger partial charge in [-0.3, -0.25) is 0 Å². The molecule has 2 aromatic carbocycles. The first kappa shape index (κ1) is 18.5. The molecule has 8 heteroatoms. The second-order valence-electron chi connectivity index (χ2n) is 6.07. The number of hydrogen-bond acceptors (Lipinski definition) is 2. The Labute approximate surface area is 153 Å². The van der Waals surface area contributed by atoms with Crippen molar-refractivity contribution >= 4 is 6.03 Å². The molecule has 0 aliphatic heterocycles. The molecule has 0 saturated carbocycles. The maximum Gasteiger partial charge on any atom is 0.435 e. The Balaban J connectivity index is 2.01. The number of rotatable bonds is 4. The third-order valence-corrected chi connectivity index (χ3v) is 3.99. The average molecular weight is 374 g/mol. The molecule has 0 saturated heterocycles. The second kappa shape index (κ2) is 7.14. The van der Waals surface area contributed by atoms with E-state index >= 15 is 0 Å². The van der Waals surface area contributed by atoms with Crippen molar-refractivity contribution in [2.75, 3.05) is 0 Å². The Morgan fingerprint density at radius 2 is 1.74 bits per heavy atom. The zero-order valence-corrected chi connectivity index (χ0v) is 14.4. The number of carbonyl (C=O) groups excluding carboxylic acids is 1. The van der Waals surface area contributed by atoms with Crippen LogP contribution < -0.4 is 11.1 Å². The van der Waals surface area contributed by atoms with Gasteiger partial charge in [0.25, 0.3) is 0 Å². The van der Waals surface area contributed by atoms with Gasteiger partial charge in [-0.25, -0.2) is 9.48 Å². The summed E-state index contributed by atoms with van der Waals surface area (Å²) in [7, 11) is 0. The molecule has 0 radical (unpaired) electrons. The Morgan fingerprint density at radius 3 is 2.30 bits per heavy atom. The molecule has 0 fully saturated rings. The summed E-state index contributed by atoms with van der Waals surface area (Å²) in [5.41, 5.74) is 7.26. The standard InChI is InChI=1S/C19H17F3N4O/c1-12-2-8-15(9-3-12)26-16(10-17(25-26)19(20,21)22)14-6-4-13(5-7-14)11-24-18(23)27/h2-10H,11H2,1H3,(H3,23,24,27). The van der Waals surface area contributed by atoms with Crippen LogP contribution in [0, 0.1) is 6.92 Å². The minimum Gasteiger partial charge on any atom is -0.352 e. The number of aryl methyl sites for hydroxylation is 1. The van der Waals surface area contributed by atoms with Crippen molar-refractivity contribution in [3.8, 4) is 16.9 Å². The summed E-state index contributed by atoms with van der Waals surface area (Å²) in [5, 5.41) is 6.22. The van der Waals surface area contributed by atoms with Gasteiger partial charge >= 0.3 is 12.2 Å². The minimum atomic E-state index is -4.55. The van der Waals surface area contributed by atoms with Crippen LogP contribution >= 0.6 is 0 Å². The molecule has 2 amide bonds. The van der Waals surface area contributed by atoms with Gasteiger partial charge < -0.3 is 11.1 Å². The largest absolute Gasteiger partial charge is 0.435 e. The van der Waals surface area contributed by atoms with Crippen LogP contribution in [0.1, 0.15) is 16.8 Å². The van der Waals surface area contributed by atoms with Gasteiger partial charge in [-0.05, 0) is 30.7 Å². The smallest absolute Gasteiger partial charge is 0.352 e. The molecule has 27 heavy (non-hydrogen) atoms. The molecule has 3 aromatic rings. The van der Waals surface area contributed by atoms with Crippen molar-refractivity contribution < 1.29 is 18.0 Å². The number of nitrogens with one attached hydrogen (secondary N) is 1. The monoisotopic (exact) mass is 374 g/mol. The number of alkyl halides is 3. The maximum absolute atomic E-state index is 13.2. The number of primary amides is 1. The van der Waals surface area contributed by atoms with Crippen LogP contribution in [0.3, 0.4) is 0 Å². The first-order chi connectivity index (χ1) is 12.7. The Morgan fingerprint density at radius 1 is 1.11 bits per heavy atom. The van der Waals surface area contributed by atoms with Gasteiger partial charge in [0.2, 0.25) is 0 Å². The summed E-state index contributed by atoms with van der Waals surface area (Å²) in [4.78, 5) is 10.8. The lowest BCUT2D eigenvalue weighted by molar-refractivity contribution is -0.141. The fourth-order valence-electron chi connectivity index (χ4n) is 2.59. The van der Waals surface area contributed by atoms with Crippen LogP contribution in [0.5, 0.6) is 0 Å². The third-order valence-electron chi connectivity index (χ3n) is 3.99. The maximum atomic E-state index is 13.2. The van der Waals surface area contributed by atoms with E-state index in [1.54, 1.807) is 36.4 Å². The Bertz CT molecular complexity index is 945. The van der Waals surface area contributed by atoms with E-state index in [0.29, 0.717) is 16.9 Å². The number of halogens is 3. The van der Waals surface area contributed by atoms with Crippen LogP contribution in [0.15, 0.2) is 54.6 Å². The predicted octanol–water partition coefficient (Wildman–Crippen LogP) is 4.03. The van der Waals surface area contributed by atoms with Crippen molar-refractivity contribution in [2.24, 2.45) is 5.73 Å². The van der Waals surface area contributed by atoms with E-state index in [1.807, 2.05) is 19.1 Å².